The standard InChI is InChI=1S/C33H28N2O5/c1-20-17-22(19-21-11-13-23(39-2)14-12-21)30-27(18-20)29(26-9-5-6-10-28(26)34-30)33(38)40-16-15-35-31(36)24-7-3-4-8-25(24)32(35)37/h3-14,19-20H,15-18H2,1-2H3/b22-19-/t20-/m0/s1. The number of carbonyl (C=O) groups is 3. The summed E-state index contributed by atoms with van der Waals surface area (Å²) in [5, 5.41) is 0.727. The Balaban J connectivity index is 1.31. The molecule has 200 valence electrons. The first kappa shape index (κ1) is 25.5. The predicted molar refractivity (Wildman–Crippen MR) is 152 cm³/mol. The first-order chi connectivity index (χ1) is 19.4. The summed E-state index contributed by atoms with van der Waals surface area (Å²) in [6.45, 7) is 2.06. The van der Waals surface area contributed by atoms with Gasteiger partial charge in [-0.3, -0.25) is 14.5 Å². The lowest BCUT2D eigenvalue weighted by Crippen LogP contribution is -2.33. The number of benzene rings is 3. The number of allylic oxidation sites excluding steroid dienone is 1. The van der Waals surface area contributed by atoms with Crippen LogP contribution in [-0.2, 0) is 11.2 Å². The summed E-state index contributed by atoms with van der Waals surface area (Å²) in [5.74, 6) is -0.139. The van der Waals surface area contributed by atoms with Crippen LogP contribution in [0.25, 0.3) is 22.6 Å². The van der Waals surface area contributed by atoms with Gasteiger partial charge in [0.25, 0.3) is 11.8 Å². The van der Waals surface area contributed by atoms with Crippen LogP contribution in [0.15, 0.2) is 72.8 Å². The number of aromatic nitrogens is 1. The van der Waals surface area contributed by atoms with E-state index in [9.17, 15) is 14.4 Å². The van der Waals surface area contributed by atoms with Crippen LogP contribution in [0, 0.1) is 5.92 Å². The Morgan fingerprint density at radius 1 is 0.950 bits per heavy atom. The van der Waals surface area contributed by atoms with Gasteiger partial charge in [0, 0.05) is 5.39 Å². The molecule has 1 aliphatic heterocycles. The third-order valence-electron chi connectivity index (χ3n) is 7.51. The molecule has 3 aromatic carbocycles. The summed E-state index contributed by atoms with van der Waals surface area (Å²) in [4.78, 5) is 45.2. The van der Waals surface area contributed by atoms with Gasteiger partial charge in [-0.2, -0.15) is 0 Å². The monoisotopic (exact) mass is 532 g/mol. The molecule has 0 bridgehead atoms. The summed E-state index contributed by atoms with van der Waals surface area (Å²) in [6.07, 6.45) is 3.64. The number of rotatable bonds is 6. The Hall–Kier alpha value is -4.78. The number of fused-ring (bicyclic) bond motifs is 3. The van der Waals surface area contributed by atoms with Gasteiger partial charge >= 0.3 is 5.97 Å². The second-order valence-electron chi connectivity index (χ2n) is 10.2. The van der Waals surface area contributed by atoms with E-state index < -0.39 is 5.97 Å². The second-order valence-corrected chi connectivity index (χ2v) is 10.2. The molecule has 0 saturated carbocycles. The zero-order chi connectivity index (χ0) is 27.8. The van der Waals surface area contributed by atoms with Crippen molar-refractivity contribution >= 4 is 40.3 Å². The molecular formula is C33H28N2O5. The Morgan fingerprint density at radius 3 is 2.33 bits per heavy atom. The minimum absolute atomic E-state index is 0.0116. The van der Waals surface area contributed by atoms with Crippen LogP contribution in [0.5, 0.6) is 5.75 Å². The maximum atomic E-state index is 13.7. The minimum atomic E-state index is -0.482. The smallest absolute Gasteiger partial charge is 0.339 e. The first-order valence-corrected chi connectivity index (χ1v) is 13.3. The van der Waals surface area contributed by atoms with Gasteiger partial charge in [0.1, 0.15) is 12.4 Å². The summed E-state index contributed by atoms with van der Waals surface area (Å²) < 4.78 is 11.0. The lowest BCUT2D eigenvalue weighted by Gasteiger charge is -2.26. The molecule has 1 aliphatic carbocycles. The van der Waals surface area contributed by atoms with Crippen molar-refractivity contribution in [2.75, 3.05) is 20.3 Å². The average molecular weight is 533 g/mol. The molecule has 0 unspecified atom stereocenters. The topological polar surface area (TPSA) is 85.8 Å². The largest absolute Gasteiger partial charge is 0.497 e. The minimum Gasteiger partial charge on any atom is -0.497 e. The van der Waals surface area contributed by atoms with Crippen LogP contribution in [0.4, 0.5) is 0 Å². The number of imide groups is 1. The van der Waals surface area contributed by atoms with Gasteiger partial charge in [-0.1, -0.05) is 49.4 Å². The predicted octanol–water partition coefficient (Wildman–Crippen LogP) is 5.82. The maximum absolute atomic E-state index is 13.7. The van der Waals surface area contributed by atoms with Crippen molar-refractivity contribution < 1.29 is 23.9 Å². The zero-order valence-electron chi connectivity index (χ0n) is 22.3. The van der Waals surface area contributed by atoms with Crippen LogP contribution < -0.4 is 4.74 Å². The molecule has 2 aliphatic rings. The zero-order valence-corrected chi connectivity index (χ0v) is 22.3. The number of carbonyl (C=O) groups excluding carboxylic acids is 3. The van der Waals surface area contributed by atoms with Crippen molar-refractivity contribution in [1.82, 2.24) is 9.88 Å². The molecule has 2 amide bonds. The first-order valence-electron chi connectivity index (χ1n) is 13.3. The van der Waals surface area contributed by atoms with E-state index in [2.05, 4.69) is 13.0 Å². The lowest BCUT2D eigenvalue weighted by molar-refractivity contribution is 0.0421. The van der Waals surface area contributed by atoms with Crippen LogP contribution in [-0.4, -0.2) is 47.9 Å². The molecule has 7 nitrogen and oxygen atoms in total. The van der Waals surface area contributed by atoms with E-state index in [1.165, 1.54) is 0 Å². The Kier molecular flexibility index (Phi) is 6.64. The van der Waals surface area contributed by atoms with E-state index in [-0.39, 0.29) is 25.0 Å². The van der Waals surface area contributed by atoms with E-state index in [1.54, 1.807) is 31.4 Å². The summed E-state index contributed by atoms with van der Waals surface area (Å²) >= 11 is 0. The number of pyridine rings is 1. The molecule has 2 heterocycles. The van der Waals surface area contributed by atoms with Gasteiger partial charge in [0.2, 0.25) is 0 Å². The lowest BCUT2D eigenvalue weighted by atomic mass is 9.80. The van der Waals surface area contributed by atoms with Crippen molar-refractivity contribution in [2.45, 2.75) is 19.8 Å². The van der Waals surface area contributed by atoms with E-state index >= 15 is 0 Å². The number of hydrogen-bond acceptors (Lipinski definition) is 6. The summed E-state index contributed by atoms with van der Waals surface area (Å²) in [6, 6.07) is 22.1. The van der Waals surface area contributed by atoms with Crippen LogP contribution in [0.2, 0.25) is 0 Å². The number of para-hydroxylation sites is 1. The average Bonchev–Trinajstić information content (AvgIpc) is 3.21. The number of esters is 1. The third kappa shape index (κ3) is 4.53. The normalized spacial score (nSPS) is 17.2. The molecule has 6 rings (SSSR count). The molecule has 0 N–H and O–H groups in total. The Bertz CT molecular complexity index is 1650. The molecule has 0 radical (unpaired) electrons. The number of methoxy groups -OCH3 is 1. The highest BCUT2D eigenvalue weighted by Gasteiger charge is 2.35. The highest BCUT2D eigenvalue weighted by atomic mass is 16.5. The summed E-state index contributed by atoms with van der Waals surface area (Å²) in [5.41, 5.74) is 5.71. The van der Waals surface area contributed by atoms with Crippen LogP contribution in [0.3, 0.4) is 0 Å². The highest BCUT2D eigenvalue weighted by molar-refractivity contribution is 6.21. The Morgan fingerprint density at radius 2 is 1.62 bits per heavy atom. The van der Waals surface area contributed by atoms with Crippen molar-refractivity contribution in [3.8, 4) is 5.75 Å². The number of amides is 2. The van der Waals surface area contributed by atoms with Crippen molar-refractivity contribution in [1.29, 1.82) is 0 Å². The van der Waals surface area contributed by atoms with Crippen LogP contribution >= 0.6 is 0 Å². The van der Waals surface area contributed by atoms with E-state index in [0.29, 0.717) is 34.5 Å². The fourth-order valence-electron chi connectivity index (χ4n) is 5.61. The number of hydrogen-bond donors (Lipinski definition) is 0. The number of nitrogens with zero attached hydrogens (tertiary/aromatic N) is 2. The molecule has 1 atom stereocenters. The third-order valence-corrected chi connectivity index (χ3v) is 7.51. The second kappa shape index (κ2) is 10.4. The quantitative estimate of drug-likeness (QED) is 0.230. The van der Waals surface area contributed by atoms with Gasteiger partial charge in [-0.25, -0.2) is 9.78 Å². The molecule has 7 heteroatoms. The molecule has 0 saturated heterocycles. The summed E-state index contributed by atoms with van der Waals surface area (Å²) in [7, 11) is 1.64. The van der Waals surface area contributed by atoms with Crippen molar-refractivity contribution in [2.24, 2.45) is 5.92 Å². The van der Waals surface area contributed by atoms with E-state index in [4.69, 9.17) is 14.5 Å². The van der Waals surface area contributed by atoms with Crippen LogP contribution in [0.1, 0.15) is 61.2 Å². The fraction of sp³-hybridized carbons (Fsp3) is 0.212. The Labute approximate surface area is 232 Å². The van der Waals surface area contributed by atoms with E-state index in [0.717, 1.165) is 44.9 Å². The highest BCUT2D eigenvalue weighted by Crippen LogP contribution is 2.39. The van der Waals surface area contributed by atoms with E-state index in [1.807, 2.05) is 48.5 Å². The number of ether oxygens (including phenoxy) is 2. The molecule has 40 heavy (non-hydrogen) atoms. The molecule has 4 aromatic rings. The van der Waals surface area contributed by atoms with Crippen molar-refractivity contribution in [3.05, 3.63) is 106 Å². The van der Waals surface area contributed by atoms with Gasteiger partial charge in [0.05, 0.1) is 41.6 Å². The molecule has 0 spiro atoms. The molecule has 0 fully saturated rings. The van der Waals surface area contributed by atoms with Gasteiger partial charge in [-0.15, -0.1) is 0 Å². The van der Waals surface area contributed by atoms with Gasteiger partial charge in [0.15, 0.2) is 0 Å². The van der Waals surface area contributed by atoms with Gasteiger partial charge < -0.3 is 9.47 Å². The van der Waals surface area contributed by atoms with Crippen molar-refractivity contribution in [3.63, 3.8) is 0 Å². The fourth-order valence-corrected chi connectivity index (χ4v) is 5.61. The molecular weight excluding hydrogens is 504 g/mol. The maximum Gasteiger partial charge on any atom is 0.339 e. The SMILES string of the molecule is COc1ccc(/C=C2/C[C@H](C)Cc3c2nc2ccccc2c3C(=O)OCCN2C(=O)c3ccccc3C2=O)cc1. The molecule has 1 aromatic heterocycles. The van der Waals surface area contributed by atoms with Gasteiger partial charge in [-0.05, 0) is 71.9 Å².